The van der Waals surface area contributed by atoms with Gasteiger partial charge < -0.3 is 11.5 Å². The molecule has 0 aromatic carbocycles. The average molecular weight is 199 g/mol. The van der Waals surface area contributed by atoms with Crippen LogP contribution >= 0.6 is 0 Å². The van der Waals surface area contributed by atoms with E-state index < -0.39 is 0 Å². The normalized spacial score (nSPS) is 12.1. The Kier molecular flexibility index (Phi) is 6.80. The molecule has 0 saturated carbocycles. The highest BCUT2D eigenvalue weighted by Crippen LogP contribution is 2.16. The highest BCUT2D eigenvalue weighted by Gasteiger charge is 2.16. The fraction of sp³-hybridized carbons (Fsp3) is 0.800. The van der Waals surface area contributed by atoms with Gasteiger partial charge in [0.1, 0.15) is 0 Å². The molecular weight excluding hydrogens is 178 g/mol. The molecule has 0 fully saturated rings. The van der Waals surface area contributed by atoms with E-state index in [0.717, 1.165) is 32.1 Å². The number of nitrogens with zero attached hydrogens (tertiary/aromatic N) is 1. The second-order valence-electron chi connectivity index (χ2n) is 3.50. The highest BCUT2D eigenvalue weighted by molar-refractivity contribution is 5.92. The molecule has 82 valence electrons. The van der Waals surface area contributed by atoms with E-state index in [4.69, 9.17) is 11.5 Å². The largest absolute Gasteiger partial charge is 0.370 e. The van der Waals surface area contributed by atoms with Gasteiger partial charge in [0, 0.05) is 5.92 Å². The van der Waals surface area contributed by atoms with E-state index in [-0.39, 0.29) is 17.8 Å². The Balaban J connectivity index is 4.17. The molecule has 0 aliphatic carbocycles. The number of nitrogens with two attached hydrogens (primary N) is 2. The van der Waals surface area contributed by atoms with Gasteiger partial charge in [-0.2, -0.15) is 4.99 Å². The van der Waals surface area contributed by atoms with Crippen LogP contribution in [-0.4, -0.2) is 11.9 Å². The molecule has 1 unspecified atom stereocenters. The molecule has 0 saturated heterocycles. The van der Waals surface area contributed by atoms with E-state index in [1.165, 1.54) is 0 Å². The quantitative estimate of drug-likeness (QED) is 0.501. The first-order chi connectivity index (χ1) is 6.61. The van der Waals surface area contributed by atoms with Crippen molar-refractivity contribution < 1.29 is 4.79 Å². The molecule has 0 rings (SSSR count). The summed E-state index contributed by atoms with van der Waals surface area (Å²) in [4.78, 5) is 15.1. The van der Waals surface area contributed by atoms with Crippen LogP contribution in [0.4, 0.5) is 0 Å². The van der Waals surface area contributed by atoms with Crippen molar-refractivity contribution in [1.29, 1.82) is 0 Å². The summed E-state index contributed by atoms with van der Waals surface area (Å²) in [6.45, 7) is 4.16. The number of guanidine groups is 1. The molecule has 0 heterocycles. The van der Waals surface area contributed by atoms with Crippen molar-refractivity contribution in [3.05, 3.63) is 0 Å². The van der Waals surface area contributed by atoms with Gasteiger partial charge in [-0.3, -0.25) is 4.79 Å². The molecule has 0 radical (unpaired) electrons. The lowest BCUT2D eigenvalue weighted by molar-refractivity contribution is -0.122. The Bertz CT molecular complexity index is 198. The maximum atomic E-state index is 11.5. The minimum atomic E-state index is -0.166. The Morgan fingerprint density at radius 2 is 1.86 bits per heavy atom. The van der Waals surface area contributed by atoms with Crippen molar-refractivity contribution in [3.8, 4) is 0 Å². The predicted molar refractivity (Wildman–Crippen MR) is 58.7 cm³/mol. The number of carbonyl (C=O) groups excluding carboxylic acids is 1. The summed E-state index contributed by atoms with van der Waals surface area (Å²) in [5.74, 6) is -0.296. The zero-order valence-electron chi connectivity index (χ0n) is 9.12. The summed E-state index contributed by atoms with van der Waals surface area (Å²) in [6, 6.07) is 0. The molecule has 0 bridgehead atoms. The molecule has 4 nitrogen and oxygen atoms in total. The molecule has 4 N–H and O–H groups in total. The smallest absolute Gasteiger partial charge is 0.251 e. The van der Waals surface area contributed by atoms with Crippen molar-refractivity contribution in [2.24, 2.45) is 22.4 Å². The Hall–Kier alpha value is -1.06. The topological polar surface area (TPSA) is 81.5 Å². The number of amides is 1. The summed E-state index contributed by atoms with van der Waals surface area (Å²) in [6.07, 6.45) is 4.89. The van der Waals surface area contributed by atoms with Crippen LogP contribution in [0.25, 0.3) is 0 Å². The molecule has 0 aromatic rings. The van der Waals surface area contributed by atoms with Gasteiger partial charge in [-0.1, -0.05) is 33.1 Å². The van der Waals surface area contributed by atoms with E-state index in [9.17, 15) is 4.79 Å². The predicted octanol–water partition coefficient (Wildman–Crippen LogP) is 1.39. The molecule has 1 atom stereocenters. The van der Waals surface area contributed by atoms with Gasteiger partial charge in [0.2, 0.25) is 0 Å². The number of hydrogen-bond acceptors (Lipinski definition) is 1. The molecule has 0 aromatic heterocycles. The third-order valence-electron chi connectivity index (χ3n) is 2.13. The molecule has 14 heavy (non-hydrogen) atoms. The van der Waals surface area contributed by atoms with Gasteiger partial charge in [-0.15, -0.1) is 0 Å². The van der Waals surface area contributed by atoms with Crippen LogP contribution in [0.2, 0.25) is 0 Å². The summed E-state index contributed by atoms with van der Waals surface area (Å²) in [7, 11) is 0. The lowest BCUT2D eigenvalue weighted by atomic mass is 9.96. The van der Waals surface area contributed by atoms with Gasteiger partial charge in [0.25, 0.3) is 5.91 Å². The van der Waals surface area contributed by atoms with Crippen LogP contribution < -0.4 is 11.5 Å². The van der Waals surface area contributed by atoms with E-state index in [1.807, 2.05) is 0 Å². The van der Waals surface area contributed by atoms with Gasteiger partial charge >= 0.3 is 0 Å². The molecule has 0 aliphatic rings. The molecule has 4 heteroatoms. The van der Waals surface area contributed by atoms with Crippen LogP contribution in [0.15, 0.2) is 4.99 Å². The molecule has 0 aliphatic heterocycles. The van der Waals surface area contributed by atoms with Crippen molar-refractivity contribution in [2.75, 3.05) is 0 Å². The number of hydrogen-bond donors (Lipinski definition) is 2. The minimum absolute atomic E-state index is 0.00190. The highest BCUT2D eigenvalue weighted by atomic mass is 16.1. The third-order valence-corrected chi connectivity index (χ3v) is 2.13. The Morgan fingerprint density at radius 1 is 1.21 bits per heavy atom. The zero-order chi connectivity index (χ0) is 11.0. The molecular formula is C10H21N3O. The maximum Gasteiger partial charge on any atom is 0.251 e. The fourth-order valence-corrected chi connectivity index (χ4v) is 1.41. The van der Waals surface area contributed by atoms with Crippen LogP contribution in [0, 0.1) is 5.92 Å². The summed E-state index contributed by atoms with van der Waals surface area (Å²) in [5, 5.41) is 0. The SMILES string of the molecule is CCCCC(CCC)C(=O)N=C(N)N. The van der Waals surface area contributed by atoms with E-state index >= 15 is 0 Å². The Labute approximate surface area is 85.8 Å². The van der Waals surface area contributed by atoms with Crippen LogP contribution in [0.1, 0.15) is 46.0 Å². The van der Waals surface area contributed by atoms with Gasteiger partial charge in [0.15, 0.2) is 5.96 Å². The number of rotatable bonds is 6. The standard InChI is InChI=1S/C10H21N3O/c1-3-5-7-8(6-4-2)9(14)13-10(11)12/h8H,3-7H2,1-2H3,(H4,11,12,13,14). The summed E-state index contributed by atoms with van der Waals surface area (Å²) >= 11 is 0. The van der Waals surface area contributed by atoms with E-state index in [0.29, 0.717) is 0 Å². The van der Waals surface area contributed by atoms with Gasteiger partial charge in [-0.25, -0.2) is 0 Å². The minimum Gasteiger partial charge on any atom is -0.370 e. The zero-order valence-corrected chi connectivity index (χ0v) is 9.12. The number of aliphatic imine (C=N–C) groups is 1. The van der Waals surface area contributed by atoms with Crippen LogP contribution in [0.5, 0.6) is 0 Å². The van der Waals surface area contributed by atoms with Crippen molar-refractivity contribution in [1.82, 2.24) is 0 Å². The Morgan fingerprint density at radius 3 is 2.29 bits per heavy atom. The summed E-state index contributed by atoms with van der Waals surface area (Å²) < 4.78 is 0. The van der Waals surface area contributed by atoms with E-state index in [1.54, 1.807) is 0 Å². The van der Waals surface area contributed by atoms with Crippen molar-refractivity contribution >= 4 is 11.9 Å². The first-order valence-corrected chi connectivity index (χ1v) is 5.25. The fourth-order valence-electron chi connectivity index (χ4n) is 1.41. The monoisotopic (exact) mass is 199 g/mol. The maximum absolute atomic E-state index is 11.5. The average Bonchev–Trinajstić information content (AvgIpc) is 2.10. The van der Waals surface area contributed by atoms with Crippen LogP contribution in [-0.2, 0) is 4.79 Å². The van der Waals surface area contributed by atoms with Crippen LogP contribution in [0.3, 0.4) is 0 Å². The lowest BCUT2D eigenvalue weighted by Crippen LogP contribution is -2.26. The van der Waals surface area contributed by atoms with Crippen molar-refractivity contribution in [2.45, 2.75) is 46.0 Å². The lowest BCUT2D eigenvalue weighted by Gasteiger charge is -2.11. The van der Waals surface area contributed by atoms with Gasteiger partial charge in [0.05, 0.1) is 0 Å². The second-order valence-corrected chi connectivity index (χ2v) is 3.50. The number of carbonyl (C=O) groups is 1. The second kappa shape index (κ2) is 7.35. The van der Waals surface area contributed by atoms with E-state index in [2.05, 4.69) is 18.8 Å². The first-order valence-electron chi connectivity index (χ1n) is 5.25. The molecule has 1 amide bonds. The third kappa shape index (κ3) is 5.56. The van der Waals surface area contributed by atoms with Crippen molar-refractivity contribution in [3.63, 3.8) is 0 Å². The molecule has 0 spiro atoms. The number of unbranched alkanes of at least 4 members (excludes halogenated alkanes) is 1. The first kappa shape index (κ1) is 12.9. The van der Waals surface area contributed by atoms with Gasteiger partial charge in [-0.05, 0) is 12.8 Å². The summed E-state index contributed by atoms with van der Waals surface area (Å²) in [5.41, 5.74) is 10.3.